The Morgan fingerprint density at radius 1 is 1.00 bits per heavy atom. The number of aliphatic carboxylic acids is 1. The Balaban J connectivity index is 1.38. The van der Waals surface area contributed by atoms with Crippen molar-refractivity contribution in [1.82, 2.24) is 5.16 Å². The Bertz CT molecular complexity index is 1370. The van der Waals surface area contributed by atoms with Crippen LogP contribution in [0.2, 0.25) is 0 Å². The Morgan fingerprint density at radius 3 is 2.38 bits per heavy atom. The van der Waals surface area contributed by atoms with E-state index in [9.17, 15) is 9.90 Å². The highest BCUT2D eigenvalue weighted by atomic mass is 16.5. The van der Waals surface area contributed by atoms with E-state index < -0.39 is 11.6 Å². The lowest BCUT2D eigenvalue weighted by molar-refractivity contribution is -0.157. The lowest BCUT2D eigenvalue weighted by Crippen LogP contribution is -2.48. The van der Waals surface area contributed by atoms with Crippen LogP contribution in [0.3, 0.4) is 0 Å². The van der Waals surface area contributed by atoms with Crippen LogP contribution in [0.25, 0.3) is 22.2 Å². The molecule has 34 heavy (non-hydrogen) atoms. The highest BCUT2D eigenvalue weighted by Gasteiger charge is 2.49. The number of carboxylic acid groups (broad SMARTS) is 1. The molecule has 3 aromatic carbocycles. The van der Waals surface area contributed by atoms with E-state index in [1.807, 2.05) is 38.1 Å². The van der Waals surface area contributed by atoms with Crippen LogP contribution in [0, 0.1) is 5.92 Å². The minimum Gasteiger partial charge on any atom is -0.478 e. The number of carbonyl (C=O) groups is 1. The number of ether oxygens (including phenoxy) is 2. The highest BCUT2D eigenvalue weighted by molar-refractivity contribution is 5.92. The molecule has 0 amide bonds. The van der Waals surface area contributed by atoms with Crippen LogP contribution in [-0.4, -0.2) is 21.8 Å². The fraction of sp³-hybridized carbons (Fsp3) is 0.286. The zero-order chi connectivity index (χ0) is 24.0. The molecule has 0 fully saturated rings. The van der Waals surface area contributed by atoms with Crippen molar-refractivity contribution in [3.8, 4) is 28.5 Å². The SMILES string of the molecule is CC(C)c1ccc(-c2noc3cc(Oc4ccc5c(c4)CC(C(=O)O)(C(C)C)O5)ccc23)cc1. The molecule has 1 aliphatic rings. The number of rotatable bonds is 6. The average molecular weight is 458 g/mol. The number of benzene rings is 3. The van der Waals surface area contributed by atoms with E-state index in [1.54, 1.807) is 12.1 Å². The molecular formula is C28H27NO5. The number of hydrogen-bond acceptors (Lipinski definition) is 5. The summed E-state index contributed by atoms with van der Waals surface area (Å²) in [6.45, 7) is 8.06. The minimum absolute atomic E-state index is 0.175. The molecule has 0 saturated heterocycles. The molecule has 5 rings (SSSR count). The van der Waals surface area contributed by atoms with E-state index in [4.69, 9.17) is 14.0 Å². The van der Waals surface area contributed by atoms with E-state index in [2.05, 4.69) is 43.3 Å². The van der Waals surface area contributed by atoms with Crippen LogP contribution in [0.4, 0.5) is 0 Å². The topological polar surface area (TPSA) is 81.8 Å². The van der Waals surface area contributed by atoms with Gasteiger partial charge in [-0.2, -0.15) is 0 Å². The maximum Gasteiger partial charge on any atom is 0.348 e. The van der Waals surface area contributed by atoms with E-state index in [-0.39, 0.29) is 5.92 Å². The van der Waals surface area contributed by atoms with E-state index in [0.717, 1.165) is 22.2 Å². The fourth-order valence-corrected chi connectivity index (χ4v) is 4.41. The molecule has 0 aliphatic carbocycles. The van der Waals surface area contributed by atoms with Crippen molar-refractivity contribution in [3.05, 3.63) is 71.8 Å². The third-order valence-corrected chi connectivity index (χ3v) is 6.60. The van der Waals surface area contributed by atoms with Gasteiger partial charge in [-0.1, -0.05) is 57.1 Å². The molecule has 1 atom stereocenters. The van der Waals surface area contributed by atoms with E-state index in [1.165, 1.54) is 5.56 Å². The molecule has 0 radical (unpaired) electrons. The average Bonchev–Trinajstić information content (AvgIpc) is 3.41. The number of nitrogens with zero attached hydrogens (tertiary/aromatic N) is 1. The first-order valence-electron chi connectivity index (χ1n) is 11.5. The molecule has 1 unspecified atom stereocenters. The number of hydrogen-bond donors (Lipinski definition) is 1. The van der Waals surface area contributed by atoms with Gasteiger partial charge in [-0.05, 0) is 41.8 Å². The third kappa shape index (κ3) is 3.69. The van der Waals surface area contributed by atoms with Gasteiger partial charge in [0.15, 0.2) is 5.58 Å². The Morgan fingerprint density at radius 2 is 1.71 bits per heavy atom. The van der Waals surface area contributed by atoms with Crippen LogP contribution in [0.15, 0.2) is 65.2 Å². The first kappa shape index (κ1) is 22.0. The molecule has 0 saturated carbocycles. The molecular weight excluding hydrogens is 430 g/mol. The molecule has 174 valence electrons. The number of fused-ring (bicyclic) bond motifs is 2. The maximum absolute atomic E-state index is 11.9. The van der Waals surface area contributed by atoms with E-state index >= 15 is 0 Å². The predicted molar refractivity (Wildman–Crippen MR) is 130 cm³/mol. The second-order valence-corrected chi connectivity index (χ2v) is 9.47. The van der Waals surface area contributed by atoms with Crippen molar-refractivity contribution in [1.29, 1.82) is 0 Å². The Hall–Kier alpha value is -3.80. The standard InChI is InChI=1S/C28H27NO5/c1-16(2)18-5-7-19(8-6-18)26-23-11-9-22(14-25(23)34-29-26)32-21-10-12-24-20(13-21)15-28(33-24,17(3)4)27(30)31/h5-14,16-17H,15H2,1-4H3,(H,30,31). The van der Waals surface area contributed by atoms with Crippen LogP contribution in [0.1, 0.15) is 44.7 Å². The Labute approximate surface area is 198 Å². The second kappa shape index (κ2) is 8.20. The van der Waals surface area contributed by atoms with Crippen molar-refractivity contribution in [2.45, 2.75) is 45.6 Å². The van der Waals surface area contributed by atoms with Crippen LogP contribution in [-0.2, 0) is 11.2 Å². The quantitative estimate of drug-likeness (QED) is 0.342. The summed E-state index contributed by atoms with van der Waals surface area (Å²) >= 11 is 0. The van der Waals surface area contributed by atoms with Crippen molar-refractivity contribution >= 4 is 16.9 Å². The van der Waals surface area contributed by atoms with Gasteiger partial charge in [-0.3, -0.25) is 0 Å². The van der Waals surface area contributed by atoms with Gasteiger partial charge in [0.2, 0.25) is 5.60 Å². The summed E-state index contributed by atoms with van der Waals surface area (Å²) in [4.78, 5) is 11.9. The molecule has 0 spiro atoms. The lowest BCUT2D eigenvalue weighted by atomic mass is 9.86. The number of carboxylic acids is 1. The molecule has 6 nitrogen and oxygen atoms in total. The molecule has 6 heteroatoms. The molecule has 2 heterocycles. The summed E-state index contributed by atoms with van der Waals surface area (Å²) in [7, 11) is 0. The smallest absolute Gasteiger partial charge is 0.348 e. The largest absolute Gasteiger partial charge is 0.478 e. The molecule has 1 aliphatic heterocycles. The van der Waals surface area contributed by atoms with Gasteiger partial charge in [-0.15, -0.1) is 0 Å². The van der Waals surface area contributed by atoms with Crippen molar-refractivity contribution < 1.29 is 23.9 Å². The number of aromatic nitrogens is 1. The van der Waals surface area contributed by atoms with E-state index in [0.29, 0.717) is 35.2 Å². The lowest BCUT2D eigenvalue weighted by Gasteiger charge is -2.27. The van der Waals surface area contributed by atoms with Gasteiger partial charge in [0.25, 0.3) is 0 Å². The maximum atomic E-state index is 11.9. The fourth-order valence-electron chi connectivity index (χ4n) is 4.41. The van der Waals surface area contributed by atoms with Crippen LogP contribution < -0.4 is 9.47 Å². The monoisotopic (exact) mass is 457 g/mol. The normalized spacial score (nSPS) is 17.2. The van der Waals surface area contributed by atoms with Gasteiger partial charge in [0, 0.05) is 34.9 Å². The minimum atomic E-state index is -1.25. The van der Waals surface area contributed by atoms with Gasteiger partial charge in [0.1, 0.15) is 22.9 Å². The van der Waals surface area contributed by atoms with Crippen molar-refractivity contribution in [2.24, 2.45) is 5.92 Å². The van der Waals surface area contributed by atoms with Crippen molar-refractivity contribution in [2.75, 3.05) is 0 Å². The van der Waals surface area contributed by atoms with Crippen molar-refractivity contribution in [3.63, 3.8) is 0 Å². The third-order valence-electron chi connectivity index (χ3n) is 6.60. The summed E-state index contributed by atoms with van der Waals surface area (Å²) in [6, 6.07) is 19.4. The highest BCUT2D eigenvalue weighted by Crippen LogP contribution is 2.42. The Kier molecular flexibility index (Phi) is 5.31. The summed E-state index contributed by atoms with van der Waals surface area (Å²) in [5.74, 6) is 1.15. The first-order valence-corrected chi connectivity index (χ1v) is 11.5. The van der Waals surface area contributed by atoms with Gasteiger partial charge in [-0.25, -0.2) is 4.79 Å². The summed E-state index contributed by atoms with van der Waals surface area (Å²) in [5.41, 5.74) is 3.29. The molecule has 1 N–H and O–H groups in total. The van der Waals surface area contributed by atoms with Crippen LogP contribution >= 0.6 is 0 Å². The second-order valence-electron chi connectivity index (χ2n) is 9.47. The molecule has 1 aromatic heterocycles. The van der Waals surface area contributed by atoms with Gasteiger partial charge < -0.3 is 19.1 Å². The molecule has 0 bridgehead atoms. The molecule has 4 aromatic rings. The summed E-state index contributed by atoms with van der Waals surface area (Å²) < 4.78 is 17.5. The first-order chi connectivity index (χ1) is 16.3. The summed E-state index contributed by atoms with van der Waals surface area (Å²) in [6.07, 6.45) is 0.298. The predicted octanol–water partition coefficient (Wildman–Crippen LogP) is 6.82. The van der Waals surface area contributed by atoms with Gasteiger partial charge >= 0.3 is 5.97 Å². The van der Waals surface area contributed by atoms with Crippen LogP contribution in [0.5, 0.6) is 17.2 Å². The zero-order valence-electron chi connectivity index (χ0n) is 19.7. The zero-order valence-corrected chi connectivity index (χ0v) is 19.7. The van der Waals surface area contributed by atoms with Gasteiger partial charge in [0.05, 0.1) is 0 Å². The summed E-state index contributed by atoms with van der Waals surface area (Å²) in [5, 5.41) is 15.0.